The fourth-order valence-electron chi connectivity index (χ4n) is 1.81. The van der Waals surface area contributed by atoms with Gasteiger partial charge in [-0.15, -0.1) is 11.3 Å². The monoisotopic (exact) mass is 245 g/mol. The van der Waals surface area contributed by atoms with Crippen LogP contribution in [0.1, 0.15) is 12.8 Å². The maximum Gasteiger partial charge on any atom is 0.242 e. The molecular weight excluding hydrogens is 234 g/mol. The van der Waals surface area contributed by atoms with Gasteiger partial charge in [0.05, 0.1) is 0 Å². The molecule has 1 unspecified atom stereocenters. The summed E-state index contributed by atoms with van der Waals surface area (Å²) in [5, 5.41) is 5.80. The summed E-state index contributed by atoms with van der Waals surface area (Å²) in [6.07, 6.45) is 1.91. The topological polar surface area (TPSA) is 45.2 Å². The lowest BCUT2D eigenvalue weighted by Crippen LogP contribution is -2.41. The highest BCUT2D eigenvalue weighted by atomic mass is 35.5. The van der Waals surface area contributed by atoms with Crippen molar-refractivity contribution < 1.29 is 4.79 Å². The molecule has 4 nitrogen and oxygen atoms in total. The Hall–Kier alpha value is -0.810. The van der Waals surface area contributed by atoms with E-state index in [0.29, 0.717) is 5.15 Å². The number of amides is 1. The first kappa shape index (κ1) is 10.7. The molecule has 0 aromatic carbocycles. The fraction of sp³-hybridized carbons (Fsp3) is 0.556. The summed E-state index contributed by atoms with van der Waals surface area (Å²) in [6.45, 7) is 0.877. The molecule has 1 atom stereocenters. The van der Waals surface area contributed by atoms with Gasteiger partial charge in [-0.3, -0.25) is 4.79 Å². The van der Waals surface area contributed by atoms with Gasteiger partial charge in [-0.1, -0.05) is 11.6 Å². The Morgan fingerprint density at radius 1 is 1.80 bits per heavy atom. The van der Waals surface area contributed by atoms with E-state index in [9.17, 15) is 4.79 Å². The summed E-state index contributed by atoms with van der Waals surface area (Å²) >= 11 is 7.25. The molecule has 1 aliphatic rings. The second-order valence-electron chi connectivity index (χ2n) is 3.42. The molecule has 1 amide bonds. The molecule has 0 bridgehead atoms. The summed E-state index contributed by atoms with van der Waals surface area (Å²) in [5.41, 5.74) is 0. The number of hydrogen-bond donors (Lipinski definition) is 1. The summed E-state index contributed by atoms with van der Waals surface area (Å²) in [6, 6.07) is -0.0859. The van der Waals surface area contributed by atoms with Crippen molar-refractivity contribution in [1.82, 2.24) is 10.3 Å². The predicted molar refractivity (Wildman–Crippen MR) is 61.6 cm³/mol. The molecular formula is C9H12ClN3OS. The maximum atomic E-state index is 11.6. The minimum absolute atomic E-state index is 0.0545. The van der Waals surface area contributed by atoms with Gasteiger partial charge in [0, 0.05) is 19.0 Å². The highest BCUT2D eigenvalue weighted by Crippen LogP contribution is 2.29. The van der Waals surface area contributed by atoms with Crippen molar-refractivity contribution in [2.45, 2.75) is 18.9 Å². The Labute approximate surface area is 97.2 Å². The number of likely N-dealkylation sites (N-methyl/N-ethyl adjacent to an activating group) is 1. The van der Waals surface area contributed by atoms with E-state index >= 15 is 0 Å². The molecule has 82 valence electrons. The van der Waals surface area contributed by atoms with Crippen molar-refractivity contribution >= 4 is 34.0 Å². The van der Waals surface area contributed by atoms with E-state index < -0.39 is 0 Å². The van der Waals surface area contributed by atoms with Gasteiger partial charge < -0.3 is 10.2 Å². The number of rotatable bonds is 2. The van der Waals surface area contributed by atoms with Gasteiger partial charge in [-0.2, -0.15) is 0 Å². The Morgan fingerprint density at radius 3 is 3.20 bits per heavy atom. The van der Waals surface area contributed by atoms with Gasteiger partial charge in [0.2, 0.25) is 5.91 Å². The lowest BCUT2D eigenvalue weighted by atomic mass is 10.2. The maximum absolute atomic E-state index is 11.6. The number of nitrogens with zero attached hydrogens (tertiary/aromatic N) is 2. The zero-order valence-electron chi connectivity index (χ0n) is 8.36. The second kappa shape index (κ2) is 4.37. The van der Waals surface area contributed by atoms with Crippen molar-refractivity contribution in [3.63, 3.8) is 0 Å². The van der Waals surface area contributed by atoms with E-state index in [4.69, 9.17) is 11.6 Å². The average Bonchev–Trinajstić information content (AvgIpc) is 2.84. The largest absolute Gasteiger partial charge is 0.357 e. The number of carbonyl (C=O) groups excluding carboxylic acids is 1. The molecule has 1 aromatic heterocycles. The zero-order chi connectivity index (χ0) is 10.8. The van der Waals surface area contributed by atoms with Gasteiger partial charge in [-0.05, 0) is 12.8 Å². The first-order valence-corrected chi connectivity index (χ1v) is 6.07. The summed E-state index contributed by atoms with van der Waals surface area (Å²) < 4.78 is 0. The smallest absolute Gasteiger partial charge is 0.242 e. The molecule has 15 heavy (non-hydrogen) atoms. The van der Waals surface area contributed by atoms with E-state index in [1.165, 1.54) is 11.3 Å². The molecule has 0 aliphatic carbocycles. The third-order valence-corrected chi connectivity index (χ3v) is 3.71. The fourth-order valence-corrected chi connectivity index (χ4v) is 2.84. The van der Waals surface area contributed by atoms with Crippen molar-refractivity contribution in [3.05, 3.63) is 10.5 Å². The normalized spacial score (nSPS) is 20.7. The quantitative estimate of drug-likeness (QED) is 0.859. The number of halogens is 1. The highest BCUT2D eigenvalue weighted by Gasteiger charge is 2.31. The van der Waals surface area contributed by atoms with E-state index in [2.05, 4.69) is 10.3 Å². The van der Waals surface area contributed by atoms with E-state index in [-0.39, 0.29) is 11.9 Å². The van der Waals surface area contributed by atoms with Crippen LogP contribution >= 0.6 is 22.9 Å². The van der Waals surface area contributed by atoms with Crippen LogP contribution in [0.5, 0.6) is 0 Å². The Kier molecular flexibility index (Phi) is 3.11. The molecule has 0 spiro atoms. The SMILES string of the molecule is CNC(=O)C1CCCN1c1nc(Cl)cs1. The molecule has 0 radical (unpaired) electrons. The number of hydrogen-bond acceptors (Lipinski definition) is 4. The van der Waals surface area contributed by atoms with Gasteiger partial charge in [0.15, 0.2) is 5.13 Å². The number of nitrogens with one attached hydrogen (secondary N) is 1. The molecule has 1 saturated heterocycles. The Balaban J connectivity index is 2.18. The Morgan fingerprint density at radius 2 is 2.60 bits per heavy atom. The number of anilines is 1. The van der Waals surface area contributed by atoms with Crippen molar-refractivity contribution in [1.29, 1.82) is 0 Å². The van der Waals surface area contributed by atoms with Crippen LogP contribution in [0.2, 0.25) is 5.15 Å². The minimum atomic E-state index is -0.0859. The predicted octanol–water partition coefficient (Wildman–Crippen LogP) is 1.51. The molecule has 0 saturated carbocycles. The lowest BCUT2D eigenvalue weighted by Gasteiger charge is -2.22. The number of carbonyl (C=O) groups is 1. The molecule has 2 heterocycles. The van der Waals surface area contributed by atoms with Crippen LogP contribution in [0.3, 0.4) is 0 Å². The molecule has 1 fully saturated rings. The number of aromatic nitrogens is 1. The summed E-state index contributed by atoms with van der Waals surface area (Å²) in [5.74, 6) is 0.0545. The van der Waals surface area contributed by atoms with Gasteiger partial charge in [0.25, 0.3) is 0 Å². The van der Waals surface area contributed by atoms with Crippen LogP contribution in [0.4, 0.5) is 5.13 Å². The van der Waals surface area contributed by atoms with Crippen molar-refractivity contribution in [2.24, 2.45) is 0 Å². The molecule has 6 heteroatoms. The number of thiazole rings is 1. The molecule has 1 aliphatic heterocycles. The van der Waals surface area contributed by atoms with E-state index in [0.717, 1.165) is 24.5 Å². The average molecular weight is 246 g/mol. The minimum Gasteiger partial charge on any atom is -0.357 e. The lowest BCUT2D eigenvalue weighted by molar-refractivity contribution is -0.121. The van der Waals surface area contributed by atoms with E-state index in [1.807, 2.05) is 4.90 Å². The van der Waals surface area contributed by atoms with Crippen LogP contribution in [-0.2, 0) is 4.79 Å². The van der Waals surface area contributed by atoms with Gasteiger partial charge in [-0.25, -0.2) is 4.98 Å². The van der Waals surface area contributed by atoms with Crippen LogP contribution in [0.25, 0.3) is 0 Å². The Bertz CT molecular complexity index is 368. The first-order valence-electron chi connectivity index (χ1n) is 4.81. The highest BCUT2D eigenvalue weighted by molar-refractivity contribution is 7.14. The first-order chi connectivity index (χ1) is 7.22. The standard InChI is InChI=1S/C9H12ClN3OS/c1-11-8(14)6-3-2-4-13(6)9-12-7(10)5-15-9/h5-6H,2-4H2,1H3,(H,11,14). The molecule has 2 rings (SSSR count). The zero-order valence-corrected chi connectivity index (χ0v) is 9.94. The van der Waals surface area contributed by atoms with Crippen LogP contribution in [-0.4, -0.2) is 30.5 Å². The van der Waals surface area contributed by atoms with Crippen LogP contribution < -0.4 is 10.2 Å². The van der Waals surface area contributed by atoms with Crippen molar-refractivity contribution in [3.8, 4) is 0 Å². The van der Waals surface area contributed by atoms with Crippen LogP contribution in [0.15, 0.2) is 5.38 Å². The third-order valence-electron chi connectivity index (χ3n) is 2.51. The summed E-state index contributed by atoms with van der Waals surface area (Å²) in [4.78, 5) is 17.8. The van der Waals surface area contributed by atoms with Gasteiger partial charge in [0.1, 0.15) is 11.2 Å². The van der Waals surface area contributed by atoms with Crippen molar-refractivity contribution in [2.75, 3.05) is 18.5 Å². The van der Waals surface area contributed by atoms with E-state index in [1.54, 1.807) is 12.4 Å². The van der Waals surface area contributed by atoms with Gasteiger partial charge >= 0.3 is 0 Å². The van der Waals surface area contributed by atoms with Crippen LogP contribution in [0, 0.1) is 0 Å². The second-order valence-corrected chi connectivity index (χ2v) is 4.64. The molecule has 1 aromatic rings. The third kappa shape index (κ3) is 2.08. The molecule has 1 N–H and O–H groups in total. The summed E-state index contributed by atoms with van der Waals surface area (Å²) in [7, 11) is 1.66.